The number of anilines is 2. The van der Waals surface area contributed by atoms with Crippen molar-refractivity contribution < 1.29 is 33.4 Å². The molecule has 3 heterocycles. The van der Waals surface area contributed by atoms with Crippen molar-refractivity contribution >= 4 is 81.0 Å². The molecule has 12 nitrogen and oxygen atoms in total. The molecule has 0 radical (unpaired) electrons. The second-order valence-corrected chi connectivity index (χ2v) is 10.6. The number of carbonyl (C=O) groups excluding carboxylic acids is 5. The zero-order chi connectivity index (χ0) is 28.1. The van der Waals surface area contributed by atoms with Crippen LogP contribution in [0.15, 0.2) is 36.4 Å². The highest BCUT2D eigenvalue weighted by Crippen LogP contribution is 2.27. The third-order valence-electron chi connectivity index (χ3n) is 6.18. The van der Waals surface area contributed by atoms with Crippen molar-refractivity contribution in [2.75, 3.05) is 69.8 Å². The highest BCUT2D eigenvalue weighted by atomic mass is 79.9. The summed E-state index contributed by atoms with van der Waals surface area (Å²) in [6, 6.07) is 9.93. The molecule has 15 heteroatoms. The van der Waals surface area contributed by atoms with Crippen LogP contribution in [-0.4, -0.2) is 106 Å². The predicted molar refractivity (Wildman–Crippen MR) is 154 cm³/mol. The first kappa shape index (κ1) is 31.5. The van der Waals surface area contributed by atoms with Crippen LogP contribution in [0.2, 0.25) is 4.34 Å². The Bertz CT molecular complexity index is 1260. The summed E-state index contributed by atoms with van der Waals surface area (Å²) in [6.45, 7) is 0.486. The summed E-state index contributed by atoms with van der Waals surface area (Å²) >= 11 is 7.01. The van der Waals surface area contributed by atoms with Crippen molar-refractivity contribution in [1.29, 1.82) is 0 Å². The van der Waals surface area contributed by atoms with Crippen molar-refractivity contribution in [2.24, 2.45) is 0 Å². The van der Waals surface area contributed by atoms with Gasteiger partial charge >= 0.3 is 6.09 Å². The van der Waals surface area contributed by atoms with E-state index in [2.05, 4.69) is 5.32 Å². The van der Waals surface area contributed by atoms with Crippen LogP contribution in [0, 0.1) is 0 Å². The molecule has 1 aromatic heterocycles. The number of cyclic esters (lactones) is 1. The number of hydrogen-bond acceptors (Lipinski definition) is 9. The summed E-state index contributed by atoms with van der Waals surface area (Å²) in [5.74, 6) is -1.68. The maximum atomic E-state index is 13.3. The summed E-state index contributed by atoms with van der Waals surface area (Å²) in [7, 11) is 3.08. The quantitative estimate of drug-likeness (QED) is 0.434. The summed E-state index contributed by atoms with van der Waals surface area (Å²) in [5.41, 5.74) is 1.23. The van der Waals surface area contributed by atoms with Gasteiger partial charge in [-0.25, -0.2) is 4.79 Å². The van der Waals surface area contributed by atoms with Crippen LogP contribution in [0.3, 0.4) is 0 Å². The van der Waals surface area contributed by atoms with Crippen LogP contribution < -0.4 is 15.1 Å². The monoisotopic (exact) mass is 657 g/mol. The normalized spacial score (nSPS) is 16.8. The molecule has 2 aliphatic heterocycles. The van der Waals surface area contributed by atoms with E-state index in [0.717, 1.165) is 16.2 Å². The largest absolute Gasteiger partial charge is 0.442 e. The van der Waals surface area contributed by atoms with Crippen molar-refractivity contribution in [2.45, 2.75) is 6.10 Å². The molecule has 40 heavy (non-hydrogen) atoms. The zero-order valence-electron chi connectivity index (χ0n) is 21.8. The van der Waals surface area contributed by atoms with E-state index in [9.17, 15) is 24.0 Å². The molecule has 216 valence electrons. The number of rotatable bonds is 9. The van der Waals surface area contributed by atoms with Crippen LogP contribution in [0.25, 0.3) is 0 Å². The van der Waals surface area contributed by atoms with Crippen LogP contribution in [-0.2, 0) is 23.9 Å². The number of nitrogens with one attached hydrogen (secondary N) is 1. The minimum absolute atomic E-state index is 0. The number of morpholine rings is 1. The maximum absolute atomic E-state index is 13.3. The number of ether oxygens (including phenoxy) is 2. The molecule has 2 saturated heterocycles. The van der Waals surface area contributed by atoms with Gasteiger partial charge in [-0.2, -0.15) is 0 Å². The van der Waals surface area contributed by atoms with Gasteiger partial charge in [0, 0.05) is 25.0 Å². The van der Waals surface area contributed by atoms with Crippen molar-refractivity contribution in [3.8, 4) is 0 Å². The summed E-state index contributed by atoms with van der Waals surface area (Å²) in [4.78, 5) is 68.9. The summed E-state index contributed by atoms with van der Waals surface area (Å²) in [5, 5.41) is 2.73. The topological polar surface area (TPSA) is 129 Å². The molecule has 5 amide bonds. The van der Waals surface area contributed by atoms with Gasteiger partial charge in [-0.1, -0.05) is 11.6 Å². The SMILES string of the molecule is Br.CNCC(=O)N(C)CC(=O)N(C[C@H]1CN(c2ccc(N3CCOCC3=O)cc2)C(=O)O1)C(=O)c1ccc(Cl)s1. The summed E-state index contributed by atoms with van der Waals surface area (Å²) in [6.07, 6.45) is -1.44. The molecule has 0 unspecified atom stereocenters. The van der Waals surface area contributed by atoms with Crippen LogP contribution in [0.1, 0.15) is 9.67 Å². The Balaban J connectivity index is 0.00000441. The number of nitrogens with zero attached hydrogens (tertiary/aromatic N) is 4. The first-order valence-electron chi connectivity index (χ1n) is 12.1. The Morgan fingerprint density at radius 1 is 1.07 bits per heavy atom. The Hall–Kier alpha value is -3.04. The minimum Gasteiger partial charge on any atom is -0.442 e. The minimum atomic E-state index is -0.806. The number of imide groups is 1. The number of halogens is 2. The molecular formula is C25H29BrClN5O7S. The van der Waals surface area contributed by atoms with Gasteiger partial charge in [0.05, 0.1) is 42.0 Å². The lowest BCUT2D eigenvalue weighted by atomic mass is 10.2. The van der Waals surface area contributed by atoms with Gasteiger partial charge in [0.15, 0.2) is 0 Å². The highest BCUT2D eigenvalue weighted by molar-refractivity contribution is 8.93. The highest BCUT2D eigenvalue weighted by Gasteiger charge is 2.37. The molecule has 1 aromatic carbocycles. The molecular weight excluding hydrogens is 630 g/mol. The first-order valence-corrected chi connectivity index (χ1v) is 13.3. The predicted octanol–water partition coefficient (Wildman–Crippen LogP) is 2.01. The molecule has 2 fully saturated rings. The lowest BCUT2D eigenvalue weighted by Crippen LogP contribution is -2.48. The lowest BCUT2D eigenvalue weighted by molar-refractivity contribution is -0.137. The first-order chi connectivity index (χ1) is 18.7. The van der Waals surface area contributed by atoms with Crippen LogP contribution in [0.5, 0.6) is 0 Å². The average molecular weight is 659 g/mol. The fourth-order valence-corrected chi connectivity index (χ4v) is 5.15. The molecule has 2 aliphatic rings. The Morgan fingerprint density at radius 3 is 2.35 bits per heavy atom. The Morgan fingerprint density at radius 2 is 1.75 bits per heavy atom. The van der Waals surface area contributed by atoms with Crippen LogP contribution >= 0.6 is 39.9 Å². The van der Waals surface area contributed by atoms with E-state index >= 15 is 0 Å². The number of thiophene rings is 1. The third-order valence-corrected chi connectivity index (χ3v) is 7.39. The van der Waals surface area contributed by atoms with Gasteiger partial charge in [-0.15, -0.1) is 28.3 Å². The molecule has 4 rings (SSSR count). The van der Waals surface area contributed by atoms with Crippen molar-refractivity contribution in [3.63, 3.8) is 0 Å². The van der Waals surface area contributed by atoms with Gasteiger partial charge in [0.2, 0.25) is 11.8 Å². The van der Waals surface area contributed by atoms with E-state index < -0.39 is 24.0 Å². The van der Waals surface area contributed by atoms with Crippen LogP contribution in [0.4, 0.5) is 16.2 Å². The Kier molecular flexibility index (Phi) is 11.0. The van der Waals surface area contributed by atoms with Gasteiger partial charge in [0.1, 0.15) is 12.7 Å². The number of hydrogen-bond donors (Lipinski definition) is 1. The average Bonchev–Trinajstić information content (AvgIpc) is 3.52. The second-order valence-electron chi connectivity index (χ2n) is 8.92. The lowest BCUT2D eigenvalue weighted by Gasteiger charge is -2.27. The van der Waals surface area contributed by atoms with Crippen molar-refractivity contribution in [3.05, 3.63) is 45.6 Å². The fraction of sp³-hybridized carbons (Fsp3) is 0.400. The molecule has 0 aliphatic carbocycles. The van der Waals surface area contributed by atoms with Gasteiger partial charge in [0.25, 0.3) is 11.8 Å². The molecule has 1 atom stereocenters. The van der Waals surface area contributed by atoms with E-state index in [1.54, 1.807) is 42.3 Å². The number of amides is 5. The van der Waals surface area contributed by atoms with Gasteiger partial charge < -0.3 is 24.6 Å². The third kappa shape index (κ3) is 7.37. The van der Waals surface area contributed by atoms with Crippen molar-refractivity contribution in [1.82, 2.24) is 15.1 Å². The zero-order valence-corrected chi connectivity index (χ0v) is 25.1. The van der Waals surface area contributed by atoms with E-state index in [4.69, 9.17) is 21.1 Å². The summed E-state index contributed by atoms with van der Waals surface area (Å²) < 4.78 is 11.0. The molecule has 1 N–H and O–H groups in total. The van der Waals surface area contributed by atoms with Gasteiger partial charge in [-0.05, 0) is 43.4 Å². The van der Waals surface area contributed by atoms with E-state index in [1.165, 1.54) is 22.9 Å². The second kappa shape index (κ2) is 14.0. The Labute approximate surface area is 250 Å². The number of likely N-dealkylation sites (N-methyl/N-ethyl adjacent to an activating group) is 2. The fourth-order valence-electron chi connectivity index (χ4n) is 4.16. The number of benzene rings is 1. The van der Waals surface area contributed by atoms with E-state index in [1.807, 2.05) is 0 Å². The molecule has 2 aromatic rings. The van der Waals surface area contributed by atoms with E-state index in [-0.39, 0.29) is 66.5 Å². The molecule has 0 saturated carbocycles. The number of carbonyl (C=O) groups is 5. The van der Waals surface area contributed by atoms with E-state index in [0.29, 0.717) is 28.9 Å². The molecule has 0 bridgehead atoms. The molecule has 0 spiro atoms. The van der Waals surface area contributed by atoms with Gasteiger partial charge in [-0.3, -0.25) is 29.0 Å². The maximum Gasteiger partial charge on any atom is 0.414 e. The standard InChI is InChI=1S/C25H28ClN5O7S.BrH/c1-27-11-21(32)28(2)14-22(33)31(24(35)19-7-8-20(26)39-19)13-18-12-30(25(36)38-18)17-5-3-16(4-6-17)29-9-10-37-15-23(29)34;/h3-8,18,27H,9-15H2,1-2H3;1H/t18-;/m1./s1. The smallest absolute Gasteiger partial charge is 0.414 e.